The van der Waals surface area contributed by atoms with Crippen LogP contribution in [0.5, 0.6) is 0 Å². The smallest absolute Gasteiger partial charge is 0.311 e. The number of nitrogens with zero attached hydrogens (tertiary/aromatic N) is 1. The first-order valence-corrected chi connectivity index (χ1v) is 25.6. The van der Waals surface area contributed by atoms with Crippen molar-refractivity contribution in [2.75, 3.05) is 33.4 Å². The molecule has 0 amide bonds. The Balaban J connectivity index is 1.08. The Labute approximate surface area is 362 Å². The van der Waals surface area contributed by atoms with Crippen LogP contribution in [0.25, 0.3) is 0 Å². The van der Waals surface area contributed by atoms with Gasteiger partial charge < -0.3 is 23.8 Å². The Kier molecular flexibility index (Phi) is 24.4. The van der Waals surface area contributed by atoms with Gasteiger partial charge in [0, 0.05) is 12.8 Å². The largest absolute Gasteiger partial charge is 0.462 e. The van der Waals surface area contributed by atoms with Crippen LogP contribution in [-0.4, -0.2) is 74.5 Å². The Morgan fingerprint density at radius 1 is 0.576 bits per heavy atom. The van der Waals surface area contributed by atoms with E-state index >= 15 is 0 Å². The van der Waals surface area contributed by atoms with Gasteiger partial charge in [-0.15, -0.1) is 0 Å². The average Bonchev–Trinajstić information content (AvgIpc) is 4.14. The topological polar surface area (TPSA) is 91.4 Å². The molecule has 2 saturated carbocycles. The zero-order chi connectivity index (χ0) is 42.1. The number of hydrogen-bond acceptors (Lipinski definition) is 8. The normalized spacial score (nSPS) is 26.1. The highest BCUT2D eigenvalue weighted by atomic mass is 16.6. The van der Waals surface area contributed by atoms with Crippen molar-refractivity contribution in [3.05, 3.63) is 0 Å². The Morgan fingerprint density at radius 2 is 0.983 bits per heavy atom. The van der Waals surface area contributed by atoms with Crippen molar-refractivity contribution >= 4 is 17.9 Å². The third kappa shape index (κ3) is 20.4. The lowest BCUT2D eigenvalue weighted by molar-refractivity contribution is -0.171. The maximum atomic E-state index is 13.2. The molecule has 0 spiro atoms. The fraction of sp³-hybridized carbons (Fsp3) is 0.941. The number of unbranched alkanes of at least 4 members (excludes halogenated alkanes) is 18. The van der Waals surface area contributed by atoms with Gasteiger partial charge in [-0.05, 0) is 89.3 Å². The summed E-state index contributed by atoms with van der Waals surface area (Å²) >= 11 is 0. The van der Waals surface area contributed by atoms with Crippen LogP contribution in [0.2, 0.25) is 0 Å². The van der Waals surface area contributed by atoms with E-state index in [0.717, 1.165) is 88.1 Å². The van der Waals surface area contributed by atoms with Crippen molar-refractivity contribution in [1.29, 1.82) is 0 Å². The molecule has 2 heterocycles. The monoisotopic (exact) mass is 830 g/mol. The van der Waals surface area contributed by atoms with Crippen LogP contribution in [0.15, 0.2) is 0 Å². The third-order valence-electron chi connectivity index (χ3n) is 14.6. The summed E-state index contributed by atoms with van der Waals surface area (Å²) in [5.41, 5.74) is -0.537. The van der Waals surface area contributed by atoms with Gasteiger partial charge in [-0.3, -0.25) is 14.4 Å². The lowest BCUT2D eigenvalue weighted by atomic mass is 9.80. The molecule has 342 valence electrons. The molecule has 2 saturated heterocycles. The molecule has 2 aliphatic carbocycles. The summed E-state index contributed by atoms with van der Waals surface area (Å²) < 4.78 is 23.7. The summed E-state index contributed by atoms with van der Waals surface area (Å²) in [5.74, 6) is 3.11. The molecule has 4 fully saturated rings. The molecule has 0 aromatic carbocycles. The van der Waals surface area contributed by atoms with Crippen molar-refractivity contribution < 1.29 is 33.3 Å². The van der Waals surface area contributed by atoms with Crippen LogP contribution in [0.1, 0.15) is 226 Å². The second-order valence-electron chi connectivity index (χ2n) is 20.1. The van der Waals surface area contributed by atoms with E-state index in [4.69, 9.17) is 18.9 Å². The predicted octanol–water partition coefficient (Wildman–Crippen LogP) is 12.7. The van der Waals surface area contributed by atoms with Crippen molar-refractivity contribution in [3.63, 3.8) is 0 Å². The van der Waals surface area contributed by atoms with Gasteiger partial charge in [0.25, 0.3) is 0 Å². The fourth-order valence-electron chi connectivity index (χ4n) is 9.95. The number of hydrogen-bond donors (Lipinski definition) is 0. The fourth-order valence-corrected chi connectivity index (χ4v) is 9.95. The molecule has 0 bridgehead atoms. The minimum absolute atomic E-state index is 0.0162. The van der Waals surface area contributed by atoms with Gasteiger partial charge in [-0.2, -0.15) is 0 Å². The first kappa shape index (κ1) is 50.0. The Morgan fingerprint density at radius 3 is 1.44 bits per heavy atom. The van der Waals surface area contributed by atoms with Crippen LogP contribution in [0.4, 0.5) is 0 Å². The standard InChI is InChI=1S/C51H91NO7/c1-5-7-9-11-15-21-27-41-37-43(41)29-23-17-13-19-25-31-47(53)58-46-40-56-45(39-57-50(55)51(3)33-35-52(4)36-34-51)49(46)59-48(54)32-26-20-14-18-24-30-44-38-42(44)28-22-16-12-10-8-6-2/h41-46,49H,5-40H2,1-4H3/t41?,42?,43?,44?,45-,46?,49+/m1/s1. The first-order valence-electron chi connectivity index (χ1n) is 25.6. The molecule has 8 nitrogen and oxygen atoms in total. The van der Waals surface area contributed by atoms with Crippen molar-refractivity contribution in [2.24, 2.45) is 29.1 Å². The number of rotatable bonds is 35. The van der Waals surface area contributed by atoms with E-state index < -0.39 is 23.7 Å². The van der Waals surface area contributed by atoms with Crippen molar-refractivity contribution in [2.45, 2.75) is 245 Å². The third-order valence-corrected chi connectivity index (χ3v) is 14.6. The van der Waals surface area contributed by atoms with Crippen LogP contribution < -0.4 is 0 Å². The van der Waals surface area contributed by atoms with E-state index in [-0.39, 0.29) is 31.1 Å². The molecule has 0 radical (unpaired) electrons. The number of carbonyl (C=O) groups excluding carboxylic acids is 3. The molecule has 7 atom stereocenters. The molecule has 59 heavy (non-hydrogen) atoms. The maximum absolute atomic E-state index is 13.2. The summed E-state index contributed by atoms with van der Waals surface area (Å²) in [7, 11) is 2.07. The van der Waals surface area contributed by atoms with Gasteiger partial charge in [0.15, 0.2) is 12.2 Å². The zero-order valence-corrected chi connectivity index (χ0v) is 38.8. The van der Waals surface area contributed by atoms with Crippen LogP contribution in [-0.2, 0) is 33.3 Å². The molecular weight excluding hydrogens is 739 g/mol. The second-order valence-corrected chi connectivity index (χ2v) is 20.1. The van der Waals surface area contributed by atoms with Crippen LogP contribution in [0, 0.1) is 29.1 Å². The summed E-state index contributed by atoms with van der Waals surface area (Å²) in [4.78, 5) is 41.6. The quantitative estimate of drug-likeness (QED) is 0.0354. The summed E-state index contributed by atoms with van der Waals surface area (Å²) in [6.45, 7) is 8.36. The Bertz CT molecular complexity index is 1150. The minimum atomic E-state index is -0.778. The average molecular weight is 830 g/mol. The molecule has 5 unspecified atom stereocenters. The predicted molar refractivity (Wildman–Crippen MR) is 239 cm³/mol. The highest BCUT2D eigenvalue weighted by Crippen LogP contribution is 2.46. The highest BCUT2D eigenvalue weighted by molar-refractivity contribution is 5.76. The summed E-state index contributed by atoms with van der Waals surface area (Å²) in [5, 5.41) is 0. The number of carbonyl (C=O) groups is 3. The number of likely N-dealkylation sites (tertiary alicyclic amines) is 1. The maximum Gasteiger partial charge on any atom is 0.311 e. The van der Waals surface area contributed by atoms with E-state index in [1.807, 2.05) is 6.92 Å². The molecule has 4 rings (SSSR count). The minimum Gasteiger partial charge on any atom is -0.462 e. The van der Waals surface area contributed by atoms with Crippen LogP contribution >= 0.6 is 0 Å². The number of esters is 3. The van der Waals surface area contributed by atoms with Gasteiger partial charge in [-0.1, -0.05) is 168 Å². The molecule has 4 aliphatic rings. The highest BCUT2D eigenvalue weighted by Gasteiger charge is 2.45. The van der Waals surface area contributed by atoms with Crippen molar-refractivity contribution in [1.82, 2.24) is 4.90 Å². The van der Waals surface area contributed by atoms with E-state index in [9.17, 15) is 14.4 Å². The molecule has 0 aromatic rings. The molecular formula is C51H91NO7. The van der Waals surface area contributed by atoms with Gasteiger partial charge in [-0.25, -0.2) is 0 Å². The Hall–Kier alpha value is -1.67. The van der Waals surface area contributed by atoms with Gasteiger partial charge >= 0.3 is 17.9 Å². The van der Waals surface area contributed by atoms with E-state index in [1.54, 1.807) is 0 Å². The molecule has 0 aromatic heterocycles. The number of ether oxygens (including phenoxy) is 4. The van der Waals surface area contributed by atoms with Gasteiger partial charge in [0.05, 0.1) is 12.0 Å². The summed E-state index contributed by atoms with van der Waals surface area (Å²) in [6, 6.07) is 0. The van der Waals surface area contributed by atoms with Gasteiger partial charge in [0.2, 0.25) is 0 Å². The van der Waals surface area contributed by atoms with Crippen molar-refractivity contribution in [3.8, 4) is 0 Å². The summed E-state index contributed by atoms with van der Waals surface area (Å²) in [6.07, 6.45) is 36.3. The van der Waals surface area contributed by atoms with E-state index in [0.29, 0.717) is 12.8 Å². The zero-order valence-electron chi connectivity index (χ0n) is 38.8. The molecule has 2 aliphatic heterocycles. The SMILES string of the molecule is CCCCCCCCC1CC1CCCCCCCC(=O)OC1CO[C@H](COC(=O)C2(C)CCN(C)CC2)[C@@H]1OC(=O)CCCCCCCC1CC1CCCCCCCC. The lowest BCUT2D eigenvalue weighted by Crippen LogP contribution is -2.44. The molecule has 0 N–H and O–H groups in total. The first-order chi connectivity index (χ1) is 28.7. The van der Waals surface area contributed by atoms with Crippen LogP contribution in [0.3, 0.4) is 0 Å². The van der Waals surface area contributed by atoms with Gasteiger partial charge in [0.1, 0.15) is 12.7 Å². The second kappa shape index (κ2) is 28.8. The van der Waals surface area contributed by atoms with E-state index in [1.165, 1.54) is 141 Å². The molecule has 8 heteroatoms. The number of piperidine rings is 1. The van der Waals surface area contributed by atoms with E-state index in [2.05, 4.69) is 25.8 Å². The lowest BCUT2D eigenvalue weighted by Gasteiger charge is -2.36.